The van der Waals surface area contributed by atoms with Crippen molar-refractivity contribution < 1.29 is 16.8 Å². The van der Waals surface area contributed by atoms with Gasteiger partial charge in [0.25, 0.3) is 0 Å². The van der Waals surface area contributed by atoms with Crippen LogP contribution in [-0.2, 0) is 20.0 Å². The zero-order valence-electron chi connectivity index (χ0n) is 18.5. The predicted molar refractivity (Wildman–Crippen MR) is 119 cm³/mol. The standard InChI is InChI=1S/C24H34O4S/c1-7-23(5,8-2)21-15-11-19(12-16-21)20-13-17-22(18-14-20)27-29(25,26)28-24(6,9-3)10-4/h11-18H,7-10H2,1-6H3. The topological polar surface area (TPSA) is 52.6 Å². The fourth-order valence-corrected chi connectivity index (χ4v) is 4.28. The molecular weight excluding hydrogens is 384 g/mol. The van der Waals surface area contributed by atoms with Crippen LogP contribution in [-0.4, -0.2) is 14.0 Å². The van der Waals surface area contributed by atoms with Crippen LogP contribution < -0.4 is 4.18 Å². The van der Waals surface area contributed by atoms with Crippen LogP contribution in [0.1, 0.15) is 72.8 Å². The summed E-state index contributed by atoms with van der Waals surface area (Å²) in [6.45, 7) is 12.3. The number of rotatable bonds is 10. The van der Waals surface area contributed by atoms with Crippen molar-refractivity contribution in [2.24, 2.45) is 0 Å². The van der Waals surface area contributed by atoms with Gasteiger partial charge in [-0.1, -0.05) is 71.0 Å². The van der Waals surface area contributed by atoms with E-state index in [0.717, 1.165) is 24.0 Å². The van der Waals surface area contributed by atoms with Gasteiger partial charge >= 0.3 is 10.4 Å². The van der Waals surface area contributed by atoms with Crippen molar-refractivity contribution in [2.75, 3.05) is 0 Å². The zero-order chi connectivity index (χ0) is 21.7. The summed E-state index contributed by atoms with van der Waals surface area (Å²) < 4.78 is 34.9. The average Bonchev–Trinajstić information content (AvgIpc) is 2.73. The lowest BCUT2D eigenvalue weighted by atomic mass is 9.77. The Morgan fingerprint density at radius 3 is 1.59 bits per heavy atom. The molecule has 2 rings (SSSR count). The van der Waals surface area contributed by atoms with Crippen LogP contribution in [0, 0.1) is 0 Å². The third-order valence-electron chi connectivity index (χ3n) is 6.33. The van der Waals surface area contributed by atoms with Gasteiger partial charge in [0.05, 0.1) is 5.60 Å². The first-order valence-electron chi connectivity index (χ1n) is 10.5. The van der Waals surface area contributed by atoms with Gasteiger partial charge in [0.1, 0.15) is 5.75 Å². The Balaban J connectivity index is 2.14. The van der Waals surface area contributed by atoms with Gasteiger partial charge in [-0.25, -0.2) is 4.18 Å². The van der Waals surface area contributed by atoms with Crippen LogP contribution in [0.15, 0.2) is 48.5 Å². The molecule has 0 amide bonds. The Bertz CT molecular complexity index is 875. The summed E-state index contributed by atoms with van der Waals surface area (Å²) in [5, 5.41) is 0. The fourth-order valence-electron chi connectivity index (χ4n) is 3.18. The van der Waals surface area contributed by atoms with E-state index >= 15 is 0 Å². The molecule has 0 unspecified atom stereocenters. The van der Waals surface area contributed by atoms with Crippen LogP contribution in [0.25, 0.3) is 11.1 Å². The van der Waals surface area contributed by atoms with E-state index in [-0.39, 0.29) is 11.2 Å². The van der Waals surface area contributed by atoms with Crippen molar-refractivity contribution in [2.45, 2.75) is 78.2 Å². The van der Waals surface area contributed by atoms with E-state index in [0.29, 0.717) is 12.8 Å². The van der Waals surface area contributed by atoms with Crippen molar-refractivity contribution in [3.8, 4) is 16.9 Å². The lowest BCUT2D eigenvalue weighted by molar-refractivity contribution is 0.0748. The number of hydrogen-bond donors (Lipinski definition) is 0. The predicted octanol–water partition coefficient (Wildman–Crippen LogP) is 6.65. The second-order valence-electron chi connectivity index (χ2n) is 8.10. The smallest absolute Gasteiger partial charge is 0.362 e. The molecule has 0 N–H and O–H groups in total. The Hall–Kier alpha value is -1.85. The molecule has 5 heteroatoms. The molecule has 0 saturated carbocycles. The largest absolute Gasteiger partial charge is 0.449 e. The van der Waals surface area contributed by atoms with E-state index < -0.39 is 16.0 Å². The summed E-state index contributed by atoms with van der Waals surface area (Å²) in [5.74, 6) is 0.240. The molecule has 0 aliphatic rings. The van der Waals surface area contributed by atoms with Gasteiger partial charge in [0, 0.05) is 0 Å². The molecule has 2 aromatic carbocycles. The summed E-state index contributed by atoms with van der Waals surface area (Å²) in [7, 11) is -4.12. The van der Waals surface area contributed by atoms with Gasteiger partial charge in [-0.15, -0.1) is 0 Å². The van der Waals surface area contributed by atoms with E-state index in [1.807, 2.05) is 26.0 Å². The molecule has 0 spiro atoms. The van der Waals surface area contributed by atoms with Crippen molar-refractivity contribution >= 4 is 10.4 Å². The highest BCUT2D eigenvalue weighted by Gasteiger charge is 2.29. The molecule has 0 saturated heterocycles. The molecule has 0 heterocycles. The van der Waals surface area contributed by atoms with Crippen LogP contribution in [0.4, 0.5) is 0 Å². The molecule has 0 aliphatic carbocycles. The van der Waals surface area contributed by atoms with Crippen molar-refractivity contribution in [3.63, 3.8) is 0 Å². The molecular formula is C24H34O4S. The van der Waals surface area contributed by atoms with Crippen molar-refractivity contribution in [3.05, 3.63) is 54.1 Å². The molecule has 0 atom stereocenters. The molecule has 0 aliphatic heterocycles. The van der Waals surface area contributed by atoms with Crippen molar-refractivity contribution in [1.29, 1.82) is 0 Å². The summed E-state index contributed by atoms with van der Waals surface area (Å²) in [6, 6.07) is 15.6. The van der Waals surface area contributed by atoms with Gasteiger partial charge in [-0.05, 0) is 66.8 Å². The SMILES string of the molecule is CCC(C)(CC)OS(=O)(=O)Oc1ccc(-c2ccc(C(C)(CC)CC)cc2)cc1. The number of hydrogen-bond acceptors (Lipinski definition) is 4. The molecule has 0 bridgehead atoms. The van der Waals surface area contributed by atoms with E-state index in [9.17, 15) is 8.42 Å². The lowest BCUT2D eigenvalue weighted by Gasteiger charge is -2.27. The second kappa shape index (κ2) is 9.31. The van der Waals surface area contributed by atoms with Crippen LogP contribution in [0.2, 0.25) is 0 Å². The second-order valence-corrected chi connectivity index (χ2v) is 9.25. The minimum Gasteiger partial charge on any atom is -0.362 e. The Kier molecular flexibility index (Phi) is 7.52. The molecule has 29 heavy (non-hydrogen) atoms. The van der Waals surface area contributed by atoms with Crippen LogP contribution >= 0.6 is 0 Å². The van der Waals surface area contributed by atoms with Crippen LogP contribution in [0.5, 0.6) is 5.75 Å². The first kappa shape index (κ1) is 23.4. The molecule has 0 fully saturated rings. The monoisotopic (exact) mass is 418 g/mol. The van der Waals surface area contributed by atoms with Gasteiger partial charge in [-0.2, -0.15) is 8.42 Å². The fraction of sp³-hybridized carbons (Fsp3) is 0.500. The highest BCUT2D eigenvalue weighted by atomic mass is 32.3. The average molecular weight is 419 g/mol. The Morgan fingerprint density at radius 1 is 0.724 bits per heavy atom. The minimum absolute atomic E-state index is 0.191. The molecule has 0 aromatic heterocycles. The third kappa shape index (κ3) is 5.83. The van der Waals surface area contributed by atoms with Gasteiger partial charge < -0.3 is 4.18 Å². The maximum atomic E-state index is 12.2. The third-order valence-corrected chi connectivity index (χ3v) is 7.33. The molecule has 4 nitrogen and oxygen atoms in total. The molecule has 0 radical (unpaired) electrons. The first-order chi connectivity index (χ1) is 13.6. The van der Waals surface area contributed by atoms with Gasteiger partial charge in [0.15, 0.2) is 0 Å². The summed E-state index contributed by atoms with van der Waals surface area (Å²) in [4.78, 5) is 0. The quantitative estimate of drug-likeness (QED) is 0.433. The number of benzene rings is 2. The summed E-state index contributed by atoms with van der Waals surface area (Å²) >= 11 is 0. The first-order valence-corrected chi connectivity index (χ1v) is 11.8. The van der Waals surface area contributed by atoms with E-state index in [4.69, 9.17) is 8.37 Å². The molecule has 2 aromatic rings. The van der Waals surface area contributed by atoms with Crippen molar-refractivity contribution in [1.82, 2.24) is 0 Å². The maximum absolute atomic E-state index is 12.2. The van der Waals surface area contributed by atoms with Gasteiger partial charge in [0.2, 0.25) is 0 Å². The highest BCUT2D eigenvalue weighted by Crippen LogP contribution is 2.33. The Morgan fingerprint density at radius 2 is 1.17 bits per heavy atom. The van der Waals surface area contributed by atoms with Gasteiger partial charge in [-0.3, -0.25) is 0 Å². The lowest BCUT2D eigenvalue weighted by Crippen LogP contribution is -2.32. The van der Waals surface area contributed by atoms with Crippen LogP contribution in [0.3, 0.4) is 0 Å². The van der Waals surface area contributed by atoms with E-state index in [2.05, 4.69) is 45.0 Å². The molecule has 160 valence electrons. The normalized spacial score (nSPS) is 12.8. The minimum atomic E-state index is -4.12. The van der Waals surface area contributed by atoms with E-state index in [1.54, 1.807) is 19.1 Å². The maximum Gasteiger partial charge on any atom is 0.449 e. The summed E-state index contributed by atoms with van der Waals surface area (Å²) in [5.41, 5.74) is 2.86. The Labute approximate surface area is 176 Å². The van der Waals surface area contributed by atoms with E-state index in [1.165, 1.54) is 5.56 Å². The highest BCUT2D eigenvalue weighted by molar-refractivity contribution is 7.82. The zero-order valence-corrected chi connectivity index (χ0v) is 19.3. The summed E-state index contributed by atoms with van der Waals surface area (Å²) in [6.07, 6.45) is 3.35.